The molecule has 0 saturated carbocycles. The van der Waals surface area contributed by atoms with Gasteiger partial charge in [-0.25, -0.2) is 0 Å². The van der Waals surface area contributed by atoms with Crippen LogP contribution in [0.5, 0.6) is 0 Å². The van der Waals surface area contributed by atoms with Crippen LogP contribution in [0.15, 0.2) is 42.5 Å². The fourth-order valence-electron chi connectivity index (χ4n) is 1.60. The number of halogens is 3. The van der Waals surface area contributed by atoms with Gasteiger partial charge >= 0.3 is 0 Å². The topological polar surface area (TPSA) is 12.0 Å². The maximum absolute atomic E-state index is 6.10. The van der Waals surface area contributed by atoms with E-state index in [0.717, 1.165) is 16.8 Å². The summed E-state index contributed by atoms with van der Waals surface area (Å²) >= 11 is 17.9. The molecule has 0 aromatic heterocycles. The highest BCUT2D eigenvalue weighted by Gasteiger charge is 2.04. The molecule has 0 spiro atoms. The third-order valence-corrected chi connectivity index (χ3v) is 3.66. The molecule has 0 unspecified atom stereocenters. The van der Waals surface area contributed by atoms with Crippen molar-refractivity contribution in [3.05, 3.63) is 63.6 Å². The van der Waals surface area contributed by atoms with Crippen molar-refractivity contribution in [3.8, 4) is 0 Å². The Bertz CT molecular complexity index is 503. The Morgan fingerprint density at radius 1 is 0.889 bits per heavy atom. The van der Waals surface area contributed by atoms with E-state index in [-0.39, 0.29) is 0 Å². The molecule has 1 N–H and O–H groups in total. The summed E-state index contributed by atoms with van der Waals surface area (Å²) in [6, 6.07) is 13.5. The first-order chi connectivity index (χ1) is 8.70. The SMILES string of the molecule is ClCc1ccc(NCc2c(Cl)cccc2Cl)cc1. The van der Waals surface area contributed by atoms with Crippen molar-refractivity contribution in [1.82, 2.24) is 0 Å². The van der Waals surface area contributed by atoms with Gasteiger partial charge in [-0.15, -0.1) is 11.6 Å². The Labute approximate surface area is 122 Å². The number of benzene rings is 2. The van der Waals surface area contributed by atoms with Crippen LogP contribution in [0.3, 0.4) is 0 Å². The van der Waals surface area contributed by atoms with Gasteiger partial charge in [0.15, 0.2) is 0 Å². The van der Waals surface area contributed by atoms with Gasteiger partial charge in [0.1, 0.15) is 0 Å². The quantitative estimate of drug-likeness (QED) is 0.751. The first kappa shape index (κ1) is 13.5. The molecule has 2 aromatic rings. The highest BCUT2D eigenvalue weighted by molar-refractivity contribution is 6.36. The van der Waals surface area contributed by atoms with Gasteiger partial charge in [0.05, 0.1) is 0 Å². The second kappa shape index (κ2) is 6.33. The largest absolute Gasteiger partial charge is 0.381 e. The summed E-state index contributed by atoms with van der Waals surface area (Å²) in [4.78, 5) is 0. The van der Waals surface area contributed by atoms with Gasteiger partial charge in [-0.1, -0.05) is 41.4 Å². The van der Waals surface area contributed by atoms with Crippen LogP contribution in [0.25, 0.3) is 0 Å². The van der Waals surface area contributed by atoms with Crippen molar-refractivity contribution in [2.45, 2.75) is 12.4 Å². The average Bonchev–Trinajstić information content (AvgIpc) is 2.39. The number of hydrogen-bond donors (Lipinski definition) is 1. The number of hydrogen-bond acceptors (Lipinski definition) is 1. The Hall–Kier alpha value is -0.890. The molecular formula is C14H12Cl3N. The Kier molecular flexibility index (Phi) is 4.76. The van der Waals surface area contributed by atoms with Gasteiger partial charge in [0.25, 0.3) is 0 Å². The maximum Gasteiger partial charge on any atom is 0.0474 e. The van der Waals surface area contributed by atoms with E-state index in [9.17, 15) is 0 Å². The molecule has 0 atom stereocenters. The zero-order valence-corrected chi connectivity index (χ0v) is 11.9. The van der Waals surface area contributed by atoms with Crippen LogP contribution < -0.4 is 5.32 Å². The van der Waals surface area contributed by atoms with Gasteiger partial charge in [-0.05, 0) is 29.8 Å². The number of rotatable bonds is 4. The molecule has 18 heavy (non-hydrogen) atoms. The molecule has 0 aliphatic carbocycles. The summed E-state index contributed by atoms with van der Waals surface area (Å²) in [5.41, 5.74) is 3.01. The number of nitrogens with one attached hydrogen (secondary N) is 1. The van der Waals surface area contributed by atoms with Crippen LogP contribution in [-0.2, 0) is 12.4 Å². The number of anilines is 1. The Morgan fingerprint density at radius 3 is 2.06 bits per heavy atom. The van der Waals surface area contributed by atoms with E-state index in [1.54, 1.807) is 0 Å². The molecule has 2 aromatic carbocycles. The summed E-state index contributed by atoms with van der Waals surface area (Å²) in [7, 11) is 0. The monoisotopic (exact) mass is 299 g/mol. The molecule has 0 aliphatic rings. The van der Waals surface area contributed by atoms with Crippen LogP contribution in [0.4, 0.5) is 5.69 Å². The van der Waals surface area contributed by atoms with Gasteiger partial charge < -0.3 is 5.32 Å². The van der Waals surface area contributed by atoms with E-state index in [1.807, 2.05) is 42.5 Å². The van der Waals surface area contributed by atoms with E-state index in [0.29, 0.717) is 22.5 Å². The van der Waals surface area contributed by atoms with E-state index < -0.39 is 0 Å². The van der Waals surface area contributed by atoms with Crippen LogP contribution in [-0.4, -0.2) is 0 Å². The van der Waals surface area contributed by atoms with Crippen molar-refractivity contribution < 1.29 is 0 Å². The Morgan fingerprint density at radius 2 is 1.50 bits per heavy atom. The van der Waals surface area contributed by atoms with Crippen LogP contribution >= 0.6 is 34.8 Å². The van der Waals surface area contributed by atoms with E-state index in [2.05, 4.69) is 5.32 Å². The zero-order valence-electron chi connectivity index (χ0n) is 9.59. The van der Waals surface area contributed by atoms with Crippen LogP contribution in [0, 0.1) is 0 Å². The summed E-state index contributed by atoms with van der Waals surface area (Å²) in [5.74, 6) is 0.524. The van der Waals surface area contributed by atoms with Gasteiger partial charge in [-0.2, -0.15) is 0 Å². The maximum atomic E-state index is 6.10. The molecule has 4 heteroatoms. The lowest BCUT2D eigenvalue weighted by Gasteiger charge is -2.10. The summed E-state index contributed by atoms with van der Waals surface area (Å²) in [6.07, 6.45) is 0. The average molecular weight is 301 g/mol. The van der Waals surface area contributed by atoms with Gasteiger partial charge in [-0.3, -0.25) is 0 Å². The zero-order chi connectivity index (χ0) is 13.0. The molecule has 0 saturated heterocycles. The van der Waals surface area contributed by atoms with Crippen LogP contribution in [0.1, 0.15) is 11.1 Å². The van der Waals surface area contributed by atoms with E-state index >= 15 is 0 Å². The fraction of sp³-hybridized carbons (Fsp3) is 0.143. The van der Waals surface area contributed by atoms with E-state index in [1.165, 1.54) is 0 Å². The molecule has 0 fully saturated rings. The minimum Gasteiger partial charge on any atom is -0.381 e. The fourth-order valence-corrected chi connectivity index (χ4v) is 2.31. The lowest BCUT2D eigenvalue weighted by atomic mass is 10.2. The highest BCUT2D eigenvalue weighted by atomic mass is 35.5. The third kappa shape index (κ3) is 3.32. The van der Waals surface area contributed by atoms with Crippen molar-refractivity contribution >= 4 is 40.5 Å². The van der Waals surface area contributed by atoms with Gasteiger partial charge in [0.2, 0.25) is 0 Å². The molecular weight excluding hydrogens is 289 g/mol. The second-order valence-electron chi connectivity index (χ2n) is 3.88. The molecule has 0 heterocycles. The van der Waals surface area contributed by atoms with Crippen molar-refractivity contribution in [3.63, 3.8) is 0 Å². The molecule has 0 radical (unpaired) electrons. The standard InChI is InChI=1S/C14H12Cl3N/c15-8-10-4-6-11(7-5-10)18-9-12-13(16)2-1-3-14(12)17/h1-7,18H,8-9H2. The minimum absolute atomic E-state index is 0.524. The highest BCUT2D eigenvalue weighted by Crippen LogP contribution is 2.25. The third-order valence-electron chi connectivity index (χ3n) is 2.64. The second-order valence-corrected chi connectivity index (χ2v) is 4.97. The van der Waals surface area contributed by atoms with Crippen molar-refractivity contribution in [2.24, 2.45) is 0 Å². The smallest absolute Gasteiger partial charge is 0.0474 e. The molecule has 0 amide bonds. The summed E-state index contributed by atoms with van der Waals surface area (Å²) < 4.78 is 0. The van der Waals surface area contributed by atoms with Gasteiger partial charge in [0, 0.05) is 33.7 Å². The molecule has 2 rings (SSSR count). The van der Waals surface area contributed by atoms with Crippen molar-refractivity contribution in [2.75, 3.05) is 5.32 Å². The molecule has 1 nitrogen and oxygen atoms in total. The van der Waals surface area contributed by atoms with E-state index in [4.69, 9.17) is 34.8 Å². The Balaban J connectivity index is 2.06. The molecule has 94 valence electrons. The molecule has 0 aliphatic heterocycles. The van der Waals surface area contributed by atoms with Crippen molar-refractivity contribution in [1.29, 1.82) is 0 Å². The predicted octanol–water partition coefficient (Wildman–Crippen LogP) is 5.34. The summed E-state index contributed by atoms with van der Waals surface area (Å²) in [6.45, 7) is 0.596. The first-order valence-corrected chi connectivity index (χ1v) is 6.81. The number of alkyl halides is 1. The normalized spacial score (nSPS) is 10.4. The molecule has 0 bridgehead atoms. The predicted molar refractivity (Wildman–Crippen MR) is 79.8 cm³/mol. The lowest BCUT2D eigenvalue weighted by Crippen LogP contribution is -2.00. The minimum atomic E-state index is 0.524. The lowest BCUT2D eigenvalue weighted by molar-refractivity contribution is 1.15. The summed E-state index contributed by atoms with van der Waals surface area (Å²) in [5, 5.41) is 4.63. The first-order valence-electron chi connectivity index (χ1n) is 5.52. The van der Waals surface area contributed by atoms with Crippen LogP contribution in [0.2, 0.25) is 10.0 Å².